The van der Waals surface area contributed by atoms with Crippen molar-refractivity contribution in [2.24, 2.45) is 0 Å². The standard InChI is InChI=1S/C21H22ClN3O4/c1-13-8-17(27-2)18(28-3)10-16(13)23-21-24-20(26)19(29-4)12-25(21)11-14-6-5-7-15(22)9-14/h5-10,12H,11H2,1-4H3,(H,23,24,26). The minimum atomic E-state index is -0.463. The molecule has 0 saturated carbocycles. The summed E-state index contributed by atoms with van der Waals surface area (Å²) in [6.45, 7) is 2.37. The number of nitrogens with one attached hydrogen (secondary N) is 1. The van der Waals surface area contributed by atoms with Crippen LogP contribution >= 0.6 is 11.6 Å². The number of nitrogens with zero attached hydrogens (tertiary/aromatic N) is 2. The van der Waals surface area contributed by atoms with Gasteiger partial charge in [0, 0.05) is 16.8 Å². The largest absolute Gasteiger partial charge is 0.493 e. The van der Waals surface area contributed by atoms with Gasteiger partial charge >= 0.3 is 5.56 Å². The van der Waals surface area contributed by atoms with E-state index < -0.39 is 5.56 Å². The van der Waals surface area contributed by atoms with Gasteiger partial charge in [-0.2, -0.15) is 4.98 Å². The molecule has 3 aromatic rings. The van der Waals surface area contributed by atoms with Gasteiger partial charge in [-0.3, -0.25) is 4.79 Å². The normalized spacial score (nSPS) is 10.5. The van der Waals surface area contributed by atoms with E-state index in [2.05, 4.69) is 10.3 Å². The van der Waals surface area contributed by atoms with Crippen LogP contribution in [0.25, 0.3) is 0 Å². The quantitative estimate of drug-likeness (QED) is 0.628. The van der Waals surface area contributed by atoms with E-state index in [1.807, 2.05) is 31.2 Å². The Balaban J connectivity index is 2.04. The number of rotatable bonds is 7. The van der Waals surface area contributed by atoms with Gasteiger partial charge in [-0.15, -0.1) is 0 Å². The lowest BCUT2D eigenvalue weighted by molar-refractivity contribution is 0.355. The second-order valence-corrected chi connectivity index (χ2v) is 6.78. The Morgan fingerprint density at radius 3 is 2.38 bits per heavy atom. The molecule has 0 fully saturated rings. The predicted molar refractivity (Wildman–Crippen MR) is 113 cm³/mol. The van der Waals surface area contributed by atoms with E-state index in [1.165, 1.54) is 7.11 Å². The Kier molecular flexibility index (Phi) is 6.29. The van der Waals surface area contributed by atoms with E-state index in [0.717, 1.165) is 16.8 Å². The van der Waals surface area contributed by atoms with E-state index in [9.17, 15) is 4.79 Å². The van der Waals surface area contributed by atoms with Crippen LogP contribution in [0, 0.1) is 6.92 Å². The highest BCUT2D eigenvalue weighted by Crippen LogP contribution is 2.34. The number of hydrogen-bond acceptors (Lipinski definition) is 6. The molecule has 1 N–H and O–H groups in total. The van der Waals surface area contributed by atoms with Crippen molar-refractivity contribution in [3.63, 3.8) is 0 Å². The molecule has 0 saturated heterocycles. The molecule has 8 heteroatoms. The molecule has 0 unspecified atom stereocenters. The van der Waals surface area contributed by atoms with Crippen molar-refractivity contribution in [2.75, 3.05) is 26.6 Å². The summed E-state index contributed by atoms with van der Waals surface area (Å²) < 4.78 is 17.7. The Bertz CT molecular complexity index is 1080. The first-order valence-electron chi connectivity index (χ1n) is 8.84. The molecule has 0 amide bonds. The zero-order valence-corrected chi connectivity index (χ0v) is 17.4. The summed E-state index contributed by atoms with van der Waals surface area (Å²) in [6, 6.07) is 11.1. The van der Waals surface area contributed by atoms with Crippen LogP contribution in [0.2, 0.25) is 5.02 Å². The van der Waals surface area contributed by atoms with Crippen LogP contribution in [0.5, 0.6) is 17.2 Å². The van der Waals surface area contributed by atoms with Gasteiger partial charge < -0.3 is 24.1 Å². The van der Waals surface area contributed by atoms with E-state index in [1.54, 1.807) is 37.1 Å². The lowest BCUT2D eigenvalue weighted by atomic mass is 10.1. The number of ether oxygens (including phenoxy) is 3. The monoisotopic (exact) mass is 415 g/mol. The topological polar surface area (TPSA) is 74.6 Å². The zero-order chi connectivity index (χ0) is 21.0. The summed E-state index contributed by atoms with van der Waals surface area (Å²) in [6.07, 6.45) is 1.62. The van der Waals surface area contributed by atoms with Gasteiger partial charge in [0.15, 0.2) is 11.5 Å². The third-order valence-electron chi connectivity index (χ3n) is 4.40. The molecule has 0 spiro atoms. The average Bonchev–Trinajstić information content (AvgIpc) is 2.71. The number of benzene rings is 2. The van der Waals surface area contributed by atoms with Crippen LogP contribution in [0.15, 0.2) is 47.4 Å². The van der Waals surface area contributed by atoms with Crippen molar-refractivity contribution >= 4 is 23.2 Å². The first-order valence-corrected chi connectivity index (χ1v) is 9.22. The smallest absolute Gasteiger partial charge is 0.316 e. The van der Waals surface area contributed by atoms with Crippen LogP contribution in [-0.4, -0.2) is 30.9 Å². The lowest BCUT2D eigenvalue weighted by Crippen LogP contribution is -2.19. The second-order valence-electron chi connectivity index (χ2n) is 6.34. The second kappa shape index (κ2) is 8.87. The third kappa shape index (κ3) is 4.63. The highest BCUT2D eigenvalue weighted by Gasteiger charge is 2.14. The fourth-order valence-electron chi connectivity index (χ4n) is 2.90. The molecule has 29 heavy (non-hydrogen) atoms. The Morgan fingerprint density at radius 1 is 1.03 bits per heavy atom. The van der Waals surface area contributed by atoms with Crippen molar-refractivity contribution in [3.05, 3.63) is 69.1 Å². The Hall–Kier alpha value is -3.19. The maximum Gasteiger partial charge on any atom is 0.316 e. The van der Waals surface area contributed by atoms with Crippen molar-refractivity contribution in [2.45, 2.75) is 13.5 Å². The predicted octanol–water partition coefficient (Wildman–Crippen LogP) is 4.02. The van der Waals surface area contributed by atoms with Crippen LogP contribution in [0.4, 0.5) is 11.6 Å². The number of aryl methyl sites for hydroxylation is 1. The number of hydrogen-bond donors (Lipinski definition) is 1. The Morgan fingerprint density at radius 2 is 1.72 bits per heavy atom. The number of aromatic nitrogens is 2. The summed E-state index contributed by atoms with van der Waals surface area (Å²) in [7, 11) is 4.59. The average molecular weight is 416 g/mol. The van der Waals surface area contributed by atoms with Crippen molar-refractivity contribution < 1.29 is 14.2 Å². The van der Waals surface area contributed by atoms with Crippen LogP contribution < -0.4 is 25.1 Å². The molecule has 3 rings (SSSR count). The summed E-state index contributed by atoms with van der Waals surface area (Å²) in [5.74, 6) is 1.71. The fourth-order valence-corrected chi connectivity index (χ4v) is 3.11. The zero-order valence-electron chi connectivity index (χ0n) is 16.7. The molecule has 0 radical (unpaired) electrons. The van der Waals surface area contributed by atoms with E-state index in [0.29, 0.717) is 29.0 Å². The molecule has 0 bridgehead atoms. The lowest BCUT2D eigenvalue weighted by Gasteiger charge is -2.18. The first kappa shape index (κ1) is 20.5. The van der Waals surface area contributed by atoms with Gasteiger partial charge in [-0.05, 0) is 36.2 Å². The maximum absolute atomic E-state index is 12.3. The number of anilines is 2. The molecular weight excluding hydrogens is 394 g/mol. The highest BCUT2D eigenvalue weighted by molar-refractivity contribution is 6.30. The summed E-state index contributed by atoms with van der Waals surface area (Å²) >= 11 is 6.11. The minimum absolute atomic E-state index is 0.154. The number of methoxy groups -OCH3 is 3. The molecule has 0 atom stereocenters. The van der Waals surface area contributed by atoms with Crippen molar-refractivity contribution in [3.8, 4) is 17.2 Å². The minimum Gasteiger partial charge on any atom is -0.493 e. The molecule has 0 aliphatic carbocycles. The van der Waals surface area contributed by atoms with Crippen molar-refractivity contribution in [1.29, 1.82) is 0 Å². The van der Waals surface area contributed by atoms with Crippen LogP contribution in [0.3, 0.4) is 0 Å². The van der Waals surface area contributed by atoms with E-state index >= 15 is 0 Å². The molecule has 0 aliphatic rings. The highest BCUT2D eigenvalue weighted by atomic mass is 35.5. The first-order chi connectivity index (χ1) is 13.9. The number of halogens is 1. The fraction of sp³-hybridized carbons (Fsp3) is 0.238. The molecule has 152 valence electrons. The van der Waals surface area contributed by atoms with Gasteiger partial charge in [0.25, 0.3) is 0 Å². The molecule has 1 heterocycles. The summed E-state index contributed by atoms with van der Waals surface area (Å²) in [5.41, 5.74) is 2.13. The Labute approximate surface area is 173 Å². The van der Waals surface area contributed by atoms with Crippen LogP contribution in [0.1, 0.15) is 11.1 Å². The maximum atomic E-state index is 12.3. The summed E-state index contributed by atoms with van der Waals surface area (Å²) in [5, 5.41) is 3.85. The van der Waals surface area contributed by atoms with Gasteiger partial charge in [0.05, 0.1) is 34.1 Å². The molecule has 0 aliphatic heterocycles. The SMILES string of the molecule is COc1cc(C)c(Nc2nc(=O)c(OC)cn2Cc2cccc(Cl)c2)cc1OC. The van der Waals surface area contributed by atoms with Crippen LogP contribution in [-0.2, 0) is 6.54 Å². The van der Waals surface area contributed by atoms with Gasteiger partial charge in [0.2, 0.25) is 11.7 Å². The van der Waals surface area contributed by atoms with E-state index in [-0.39, 0.29) is 5.75 Å². The molecule has 2 aromatic carbocycles. The molecular formula is C21H22ClN3O4. The molecule has 1 aromatic heterocycles. The van der Waals surface area contributed by atoms with Gasteiger partial charge in [-0.1, -0.05) is 23.7 Å². The van der Waals surface area contributed by atoms with Gasteiger partial charge in [-0.25, -0.2) is 0 Å². The van der Waals surface area contributed by atoms with E-state index in [4.69, 9.17) is 25.8 Å². The summed E-state index contributed by atoms with van der Waals surface area (Å²) in [4.78, 5) is 16.4. The third-order valence-corrected chi connectivity index (χ3v) is 4.64. The van der Waals surface area contributed by atoms with Gasteiger partial charge in [0.1, 0.15) is 0 Å². The molecule has 7 nitrogen and oxygen atoms in total. The van der Waals surface area contributed by atoms with Crippen molar-refractivity contribution in [1.82, 2.24) is 9.55 Å².